The van der Waals surface area contributed by atoms with Crippen molar-refractivity contribution in [3.63, 3.8) is 0 Å². The maximum Gasteiger partial charge on any atom is 0.341 e. The molecule has 0 aliphatic rings. The fourth-order valence-electron chi connectivity index (χ4n) is 2.27. The zero-order valence-electron chi connectivity index (χ0n) is 14.3. The third-order valence-electron chi connectivity index (χ3n) is 3.52. The minimum Gasteiger partial charge on any atom is -0.493 e. The van der Waals surface area contributed by atoms with Crippen molar-refractivity contribution in [3.8, 4) is 5.75 Å². The van der Waals surface area contributed by atoms with Crippen LogP contribution < -0.4 is 10.1 Å². The molecule has 2 rings (SSSR count). The first-order valence-corrected chi connectivity index (χ1v) is 8.61. The van der Waals surface area contributed by atoms with Gasteiger partial charge in [-0.05, 0) is 45.4 Å². The van der Waals surface area contributed by atoms with E-state index in [2.05, 4.69) is 5.32 Å². The summed E-state index contributed by atoms with van der Waals surface area (Å²) in [5.74, 6) is -0.223. The number of para-hydroxylation sites is 1. The van der Waals surface area contributed by atoms with Gasteiger partial charge in [-0.2, -0.15) is 0 Å². The van der Waals surface area contributed by atoms with Crippen LogP contribution in [-0.4, -0.2) is 25.1 Å². The number of carbonyl (C=O) groups is 2. The summed E-state index contributed by atoms with van der Waals surface area (Å²) >= 11 is 1.36. The Bertz CT molecular complexity index is 751. The lowest BCUT2D eigenvalue weighted by Crippen LogP contribution is -2.16. The van der Waals surface area contributed by atoms with Crippen molar-refractivity contribution in [2.45, 2.75) is 27.7 Å². The summed E-state index contributed by atoms with van der Waals surface area (Å²) in [6, 6.07) is 7.02. The molecule has 24 heavy (non-hydrogen) atoms. The predicted octanol–water partition coefficient (Wildman–Crippen LogP) is 4.19. The van der Waals surface area contributed by atoms with Gasteiger partial charge in [-0.15, -0.1) is 11.3 Å². The molecule has 0 spiro atoms. The van der Waals surface area contributed by atoms with Gasteiger partial charge in [-0.3, -0.25) is 4.79 Å². The number of anilines is 1. The molecule has 0 aliphatic heterocycles. The lowest BCUT2D eigenvalue weighted by Gasteiger charge is -2.11. The van der Waals surface area contributed by atoms with Gasteiger partial charge < -0.3 is 14.8 Å². The molecule has 1 heterocycles. The molecule has 0 bridgehead atoms. The normalized spacial score (nSPS) is 10.3. The van der Waals surface area contributed by atoms with E-state index < -0.39 is 5.97 Å². The maximum atomic E-state index is 12.6. The summed E-state index contributed by atoms with van der Waals surface area (Å²) in [5.41, 5.74) is 1.67. The van der Waals surface area contributed by atoms with Crippen molar-refractivity contribution in [2.75, 3.05) is 18.5 Å². The third-order valence-corrected chi connectivity index (χ3v) is 4.65. The average molecular weight is 347 g/mol. The number of thiophene rings is 1. The predicted molar refractivity (Wildman–Crippen MR) is 95.3 cm³/mol. The van der Waals surface area contributed by atoms with Gasteiger partial charge in [0.2, 0.25) is 0 Å². The highest BCUT2D eigenvalue weighted by Gasteiger charge is 2.23. The van der Waals surface area contributed by atoms with Crippen LogP contribution in [0.25, 0.3) is 0 Å². The molecule has 0 aliphatic carbocycles. The second-order valence-corrected chi connectivity index (χ2v) is 6.32. The number of amides is 1. The molecule has 0 fully saturated rings. The molecule has 1 N–H and O–H groups in total. The minimum absolute atomic E-state index is 0.285. The number of hydrogen-bond acceptors (Lipinski definition) is 5. The molecule has 0 unspecified atom stereocenters. The molecule has 128 valence electrons. The number of aryl methyl sites for hydroxylation is 1. The molecule has 0 saturated heterocycles. The average Bonchev–Trinajstić information content (AvgIpc) is 2.82. The zero-order valence-corrected chi connectivity index (χ0v) is 15.1. The van der Waals surface area contributed by atoms with E-state index in [1.54, 1.807) is 25.1 Å². The first-order chi connectivity index (χ1) is 11.5. The van der Waals surface area contributed by atoms with E-state index in [4.69, 9.17) is 9.47 Å². The van der Waals surface area contributed by atoms with Crippen LogP contribution in [0.4, 0.5) is 5.00 Å². The Morgan fingerprint density at radius 3 is 2.50 bits per heavy atom. The van der Waals surface area contributed by atoms with E-state index in [-0.39, 0.29) is 12.5 Å². The fraction of sp³-hybridized carbons (Fsp3) is 0.333. The van der Waals surface area contributed by atoms with Crippen LogP contribution in [0.5, 0.6) is 5.75 Å². The first-order valence-electron chi connectivity index (χ1n) is 7.79. The van der Waals surface area contributed by atoms with Crippen molar-refractivity contribution >= 4 is 28.2 Å². The molecule has 2 aromatic rings. The quantitative estimate of drug-likeness (QED) is 0.796. The summed E-state index contributed by atoms with van der Waals surface area (Å²) in [6.45, 7) is 8.13. The van der Waals surface area contributed by atoms with Gasteiger partial charge in [0.15, 0.2) is 0 Å². The molecule has 0 radical (unpaired) electrons. The van der Waals surface area contributed by atoms with Gasteiger partial charge in [0.1, 0.15) is 10.8 Å². The van der Waals surface area contributed by atoms with Gasteiger partial charge in [-0.25, -0.2) is 4.79 Å². The van der Waals surface area contributed by atoms with Crippen LogP contribution in [0.1, 0.15) is 45.0 Å². The topological polar surface area (TPSA) is 64.6 Å². The van der Waals surface area contributed by atoms with Crippen molar-refractivity contribution in [3.05, 3.63) is 45.8 Å². The lowest BCUT2D eigenvalue weighted by molar-refractivity contribution is 0.0527. The SMILES string of the molecule is CCOC(=O)c1c(NC(=O)c2ccccc2OCC)sc(C)c1C. The molecule has 0 saturated carbocycles. The summed E-state index contributed by atoms with van der Waals surface area (Å²) in [7, 11) is 0. The van der Waals surface area contributed by atoms with Crippen molar-refractivity contribution in [1.82, 2.24) is 0 Å². The van der Waals surface area contributed by atoms with E-state index in [9.17, 15) is 9.59 Å². The van der Waals surface area contributed by atoms with E-state index in [1.165, 1.54) is 11.3 Å². The summed E-state index contributed by atoms with van der Waals surface area (Å²) in [4.78, 5) is 25.8. The molecular formula is C18H21NO4S. The molecule has 0 atom stereocenters. The molecule has 5 nitrogen and oxygen atoms in total. The Labute approximate surface area is 145 Å². The number of esters is 1. The number of rotatable bonds is 6. The fourth-order valence-corrected chi connectivity index (χ4v) is 3.31. The number of benzene rings is 1. The minimum atomic E-state index is -0.423. The molecule has 6 heteroatoms. The molecule has 1 amide bonds. The number of carbonyl (C=O) groups excluding carboxylic acids is 2. The Morgan fingerprint density at radius 1 is 1.12 bits per heavy atom. The van der Waals surface area contributed by atoms with Crippen LogP contribution in [0.3, 0.4) is 0 Å². The highest BCUT2D eigenvalue weighted by molar-refractivity contribution is 7.16. The van der Waals surface area contributed by atoms with Gasteiger partial charge in [0.05, 0.1) is 24.3 Å². The Balaban J connectivity index is 2.33. The highest BCUT2D eigenvalue weighted by atomic mass is 32.1. The van der Waals surface area contributed by atoms with Gasteiger partial charge in [0, 0.05) is 4.88 Å². The van der Waals surface area contributed by atoms with E-state index in [0.29, 0.717) is 28.5 Å². The van der Waals surface area contributed by atoms with E-state index in [0.717, 1.165) is 10.4 Å². The third kappa shape index (κ3) is 3.76. The Morgan fingerprint density at radius 2 is 1.83 bits per heavy atom. The van der Waals surface area contributed by atoms with Crippen LogP contribution in [0.2, 0.25) is 0 Å². The highest BCUT2D eigenvalue weighted by Crippen LogP contribution is 2.33. The monoisotopic (exact) mass is 347 g/mol. The summed E-state index contributed by atoms with van der Waals surface area (Å²) in [6.07, 6.45) is 0. The van der Waals surface area contributed by atoms with E-state index >= 15 is 0 Å². The molecule has 1 aromatic carbocycles. The van der Waals surface area contributed by atoms with E-state index in [1.807, 2.05) is 26.8 Å². The van der Waals surface area contributed by atoms with Crippen LogP contribution >= 0.6 is 11.3 Å². The van der Waals surface area contributed by atoms with Crippen LogP contribution in [0.15, 0.2) is 24.3 Å². The van der Waals surface area contributed by atoms with Crippen molar-refractivity contribution < 1.29 is 19.1 Å². The smallest absolute Gasteiger partial charge is 0.341 e. The Kier molecular flexibility index (Phi) is 5.98. The maximum absolute atomic E-state index is 12.6. The van der Waals surface area contributed by atoms with Crippen molar-refractivity contribution in [1.29, 1.82) is 0 Å². The van der Waals surface area contributed by atoms with Gasteiger partial charge in [-0.1, -0.05) is 12.1 Å². The number of hydrogen-bond donors (Lipinski definition) is 1. The van der Waals surface area contributed by atoms with Crippen molar-refractivity contribution in [2.24, 2.45) is 0 Å². The summed E-state index contributed by atoms with van der Waals surface area (Å²) in [5, 5.41) is 3.33. The standard InChI is InChI=1S/C18H21NO4S/c1-5-22-14-10-8-7-9-13(14)16(20)19-17-15(18(21)23-6-2)11(3)12(4)24-17/h7-10H,5-6H2,1-4H3,(H,19,20). The molecular weight excluding hydrogens is 326 g/mol. The van der Waals surface area contributed by atoms with Gasteiger partial charge in [0.25, 0.3) is 5.91 Å². The van der Waals surface area contributed by atoms with Gasteiger partial charge >= 0.3 is 5.97 Å². The van der Waals surface area contributed by atoms with Crippen LogP contribution in [0, 0.1) is 13.8 Å². The Hall–Kier alpha value is -2.34. The second-order valence-electron chi connectivity index (χ2n) is 5.09. The second kappa shape index (κ2) is 7.97. The van der Waals surface area contributed by atoms with Crippen LogP contribution in [-0.2, 0) is 4.74 Å². The molecule has 1 aromatic heterocycles. The largest absolute Gasteiger partial charge is 0.493 e. The number of nitrogens with one attached hydrogen (secondary N) is 1. The summed E-state index contributed by atoms with van der Waals surface area (Å²) < 4.78 is 10.6. The number of ether oxygens (including phenoxy) is 2. The first kappa shape index (κ1) is 18.0. The lowest BCUT2D eigenvalue weighted by atomic mass is 10.1. The zero-order chi connectivity index (χ0) is 17.7.